The lowest BCUT2D eigenvalue weighted by Crippen LogP contribution is -2.28. The minimum Gasteiger partial charge on any atom is -0.317 e. The molecule has 2 unspecified atom stereocenters. The van der Waals surface area contributed by atoms with E-state index in [4.69, 9.17) is 4.98 Å². The summed E-state index contributed by atoms with van der Waals surface area (Å²) in [6, 6.07) is 9.38. The second-order valence-electron chi connectivity index (χ2n) is 7.81. The molecule has 1 aromatic carbocycles. The van der Waals surface area contributed by atoms with Gasteiger partial charge in [0.1, 0.15) is 0 Å². The number of likely N-dealkylation sites (tertiary alicyclic amines) is 1. The molecule has 24 heavy (non-hydrogen) atoms. The van der Waals surface area contributed by atoms with Crippen LogP contribution in [0.5, 0.6) is 0 Å². The first kappa shape index (κ1) is 14.5. The third-order valence-electron chi connectivity index (χ3n) is 6.32. The Morgan fingerprint density at radius 3 is 2.79 bits per heavy atom. The van der Waals surface area contributed by atoms with E-state index in [-0.39, 0.29) is 0 Å². The molecular formula is C20H26N4. The number of aromatic nitrogens is 2. The molecule has 2 atom stereocenters. The molecule has 2 aliphatic heterocycles. The van der Waals surface area contributed by atoms with Crippen LogP contribution >= 0.6 is 0 Å². The molecule has 1 aromatic heterocycles. The topological polar surface area (TPSA) is 24.3 Å². The fourth-order valence-electron chi connectivity index (χ4n) is 4.91. The van der Waals surface area contributed by atoms with Crippen molar-refractivity contribution in [2.24, 2.45) is 5.92 Å². The van der Waals surface area contributed by atoms with Gasteiger partial charge in [-0.1, -0.05) is 19.1 Å². The molecule has 126 valence electrons. The number of benzene rings is 1. The molecule has 0 bridgehead atoms. The van der Waals surface area contributed by atoms with Crippen LogP contribution in [0.2, 0.25) is 0 Å². The number of hydrogen-bond donors (Lipinski definition) is 0. The Bertz CT molecular complexity index is 762. The van der Waals surface area contributed by atoms with Crippen LogP contribution in [0.4, 0.5) is 11.6 Å². The number of anilines is 2. The van der Waals surface area contributed by atoms with Gasteiger partial charge in [-0.25, -0.2) is 4.98 Å². The molecule has 2 aromatic rings. The van der Waals surface area contributed by atoms with Crippen LogP contribution in [0.3, 0.4) is 0 Å². The minimum atomic E-state index is 0.464. The zero-order chi connectivity index (χ0) is 16.3. The van der Waals surface area contributed by atoms with Gasteiger partial charge in [0.05, 0.1) is 5.69 Å². The van der Waals surface area contributed by atoms with Crippen LogP contribution < -0.4 is 4.90 Å². The highest BCUT2D eigenvalue weighted by Crippen LogP contribution is 2.59. The normalized spacial score (nSPS) is 28.8. The van der Waals surface area contributed by atoms with Crippen molar-refractivity contribution in [1.29, 1.82) is 0 Å². The lowest BCUT2D eigenvalue weighted by atomic mass is 9.94. The maximum Gasteiger partial charge on any atom is 0.210 e. The lowest BCUT2D eigenvalue weighted by Gasteiger charge is -2.29. The van der Waals surface area contributed by atoms with Crippen LogP contribution in [-0.4, -0.2) is 40.6 Å². The molecule has 4 heteroatoms. The summed E-state index contributed by atoms with van der Waals surface area (Å²) in [5.41, 5.74) is 4.40. The Morgan fingerprint density at radius 2 is 2.04 bits per heavy atom. The number of rotatable bonds is 3. The van der Waals surface area contributed by atoms with Crippen LogP contribution in [0, 0.1) is 12.8 Å². The summed E-state index contributed by atoms with van der Waals surface area (Å²) >= 11 is 0. The average molecular weight is 322 g/mol. The van der Waals surface area contributed by atoms with Gasteiger partial charge in [0.15, 0.2) is 0 Å². The molecule has 0 spiro atoms. The van der Waals surface area contributed by atoms with Gasteiger partial charge in [-0.3, -0.25) is 0 Å². The van der Waals surface area contributed by atoms with Crippen molar-refractivity contribution in [2.45, 2.75) is 38.6 Å². The number of aryl methyl sites for hydroxylation is 2. The largest absolute Gasteiger partial charge is 0.317 e. The van der Waals surface area contributed by atoms with Gasteiger partial charge in [0, 0.05) is 43.5 Å². The van der Waals surface area contributed by atoms with Crippen molar-refractivity contribution in [3.05, 3.63) is 41.7 Å². The molecule has 0 amide bonds. The van der Waals surface area contributed by atoms with Gasteiger partial charge >= 0.3 is 0 Å². The van der Waals surface area contributed by atoms with Crippen molar-refractivity contribution in [3.63, 3.8) is 0 Å². The molecule has 1 aliphatic carbocycles. The fraction of sp³-hybridized carbons (Fsp3) is 0.550. The highest BCUT2D eigenvalue weighted by Gasteiger charge is 2.60. The standard InChI is InChI=1S/C20H26N4/c1-3-22-13-17-11-20(17,14-22)16-5-7-18(8-6-16)24-10-4-9-23-12-15(2)21-19(23)24/h5-8,12,17H,3-4,9-11,13-14H2,1-2H3. The maximum atomic E-state index is 4.73. The Balaban J connectivity index is 1.42. The summed E-state index contributed by atoms with van der Waals surface area (Å²) < 4.78 is 2.29. The van der Waals surface area contributed by atoms with E-state index in [1.165, 1.54) is 38.2 Å². The molecule has 5 rings (SSSR count). The van der Waals surface area contributed by atoms with E-state index in [0.717, 1.165) is 30.6 Å². The molecule has 4 nitrogen and oxygen atoms in total. The van der Waals surface area contributed by atoms with Gasteiger partial charge in [-0.2, -0.15) is 0 Å². The van der Waals surface area contributed by atoms with E-state index in [9.17, 15) is 0 Å². The van der Waals surface area contributed by atoms with Gasteiger partial charge in [0.2, 0.25) is 5.95 Å². The first-order chi connectivity index (χ1) is 11.7. The van der Waals surface area contributed by atoms with E-state index in [0.29, 0.717) is 5.41 Å². The van der Waals surface area contributed by atoms with E-state index >= 15 is 0 Å². The minimum absolute atomic E-state index is 0.464. The third kappa shape index (κ3) is 2.05. The first-order valence-corrected chi connectivity index (χ1v) is 9.34. The zero-order valence-electron chi connectivity index (χ0n) is 14.7. The molecule has 3 aliphatic rings. The smallest absolute Gasteiger partial charge is 0.210 e. The molecule has 3 heterocycles. The highest BCUT2D eigenvalue weighted by molar-refractivity contribution is 5.60. The van der Waals surface area contributed by atoms with E-state index in [2.05, 4.69) is 58.7 Å². The quantitative estimate of drug-likeness (QED) is 0.866. The summed E-state index contributed by atoms with van der Waals surface area (Å²) in [6.07, 6.45) is 4.74. The average Bonchev–Trinajstić information content (AvgIpc) is 2.98. The molecule has 2 fully saturated rings. The van der Waals surface area contributed by atoms with Crippen molar-refractivity contribution in [2.75, 3.05) is 31.1 Å². The van der Waals surface area contributed by atoms with E-state index in [1.807, 2.05) is 0 Å². The molecule has 0 radical (unpaired) electrons. The van der Waals surface area contributed by atoms with Crippen LogP contribution in [-0.2, 0) is 12.0 Å². The molecule has 1 saturated heterocycles. The van der Waals surface area contributed by atoms with E-state index in [1.54, 1.807) is 5.56 Å². The van der Waals surface area contributed by atoms with Gasteiger partial charge in [-0.05, 0) is 49.9 Å². The summed E-state index contributed by atoms with van der Waals surface area (Å²) in [5, 5.41) is 0. The second kappa shape index (κ2) is 5.09. The summed E-state index contributed by atoms with van der Waals surface area (Å²) in [4.78, 5) is 9.71. The molecule has 1 saturated carbocycles. The summed E-state index contributed by atoms with van der Waals surface area (Å²) in [7, 11) is 0. The summed E-state index contributed by atoms with van der Waals surface area (Å²) in [6.45, 7) is 10.2. The second-order valence-corrected chi connectivity index (χ2v) is 7.81. The number of piperidine rings is 1. The van der Waals surface area contributed by atoms with Crippen LogP contribution in [0.1, 0.15) is 31.0 Å². The highest BCUT2D eigenvalue weighted by atomic mass is 15.3. The molecular weight excluding hydrogens is 296 g/mol. The maximum absolute atomic E-state index is 4.73. The number of fused-ring (bicyclic) bond motifs is 2. The zero-order valence-corrected chi connectivity index (χ0v) is 14.7. The lowest BCUT2D eigenvalue weighted by molar-refractivity contribution is 0.314. The Morgan fingerprint density at radius 1 is 1.21 bits per heavy atom. The SMILES string of the molecule is CCN1CC2CC2(c2ccc(N3CCCn4cc(C)nc43)cc2)C1. The van der Waals surface area contributed by atoms with Crippen molar-refractivity contribution >= 4 is 11.6 Å². The Hall–Kier alpha value is -1.81. The first-order valence-electron chi connectivity index (χ1n) is 9.34. The van der Waals surface area contributed by atoms with Gasteiger partial charge in [0.25, 0.3) is 0 Å². The fourth-order valence-corrected chi connectivity index (χ4v) is 4.91. The van der Waals surface area contributed by atoms with Crippen molar-refractivity contribution in [1.82, 2.24) is 14.5 Å². The monoisotopic (exact) mass is 322 g/mol. The van der Waals surface area contributed by atoms with Gasteiger partial charge in [-0.15, -0.1) is 0 Å². The predicted octanol–water partition coefficient (Wildman–Crippen LogP) is 3.33. The summed E-state index contributed by atoms with van der Waals surface area (Å²) in [5.74, 6) is 1.99. The van der Waals surface area contributed by atoms with Crippen molar-refractivity contribution < 1.29 is 0 Å². The third-order valence-corrected chi connectivity index (χ3v) is 6.32. The predicted molar refractivity (Wildman–Crippen MR) is 96.9 cm³/mol. The Kier molecular flexibility index (Phi) is 3.08. The van der Waals surface area contributed by atoms with E-state index < -0.39 is 0 Å². The Labute approximate surface area is 144 Å². The van der Waals surface area contributed by atoms with Crippen molar-refractivity contribution in [3.8, 4) is 0 Å². The van der Waals surface area contributed by atoms with Gasteiger partial charge < -0.3 is 14.4 Å². The molecule has 0 N–H and O–H groups in total. The van der Waals surface area contributed by atoms with Crippen LogP contribution in [0.15, 0.2) is 30.5 Å². The number of imidazole rings is 1. The number of likely N-dealkylation sites (N-methyl/N-ethyl adjacent to an activating group) is 1. The number of nitrogens with zero attached hydrogens (tertiary/aromatic N) is 4. The number of hydrogen-bond acceptors (Lipinski definition) is 3. The van der Waals surface area contributed by atoms with Crippen LogP contribution in [0.25, 0.3) is 0 Å².